The molecule has 1 fully saturated rings. The number of likely N-dealkylation sites (tertiary alicyclic amines) is 1. The molecule has 1 aliphatic rings. The van der Waals surface area contributed by atoms with Gasteiger partial charge < -0.3 is 4.74 Å². The van der Waals surface area contributed by atoms with Crippen LogP contribution in [0.3, 0.4) is 0 Å². The van der Waals surface area contributed by atoms with E-state index in [4.69, 9.17) is 9.72 Å². The smallest absolute Gasteiger partial charge is 0.181 e. The van der Waals surface area contributed by atoms with Gasteiger partial charge in [-0.1, -0.05) is 30.3 Å². The molecule has 0 bridgehead atoms. The average Bonchev–Trinajstić information content (AvgIpc) is 3.22. The predicted molar refractivity (Wildman–Crippen MR) is 109 cm³/mol. The molecule has 3 heterocycles. The van der Waals surface area contributed by atoms with Gasteiger partial charge in [0.1, 0.15) is 11.6 Å². The number of benzene rings is 1. The van der Waals surface area contributed by atoms with E-state index >= 15 is 0 Å². The van der Waals surface area contributed by atoms with Crippen molar-refractivity contribution in [2.75, 3.05) is 20.2 Å². The summed E-state index contributed by atoms with van der Waals surface area (Å²) in [5.41, 5.74) is 4.35. The van der Waals surface area contributed by atoms with Crippen LogP contribution in [0.1, 0.15) is 41.4 Å². The van der Waals surface area contributed by atoms with Crippen molar-refractivity contribution < 1.29 is 4.74 Å². The SMILES string of the molecule is COc1c(C)cnc(CN2CCC[C@H](c3nc(-c4ccccc4)n[nH]3)C2)c1C. The van der Waals surface area contributed by atoms with Crippen molar-refractivity contribution >= 4 is 0 Å². The molecule has 146 valence electrons. The zero-order valence-corrected chi connectivity index (χ0v) is 16.8. The highest BCUT2D eigenvalue weighted by atomic mass is 16.5. The van der Waals surface area contributed by atoms with E-state index in [-0.39, 0.29) is 0 Å². The van der Waals surface area contributed by atoms with Gasteiger partial charge in [0.05, 0.1) is 12.8 Å². The molecular weight excluding hydrogens is 350 g/mol. The molecule has 1 saturated heterocycles. The lowest BCUT2D eigenvalue weighted by Crippen LogP contribution is -2.34. The largest absolute Gasteiger partial charge is 0.496 e. The second-order valence-corrected chi connectivity index (χ2v) is 7.53. The average molecular weight is 377 g/mol. The number of pyridine rings is 1. The van der Waals surface area contributed by atoms with E-state index in [1.807, 2.05) is 43.5 Å². The van der Waals surface area contributed by atoms with Crippen molar-refractivity contribution in [3.05, 3.63) is 59.2 Å². The Morgan fingerprint density at radius 1 is 1.21 bits per heavy atom. The second-order valence-electron chi connectivity index (χ2n) is 7.53. The number of H-pyrrole nitrogens is 1. The van der Waals surface area contributed by atoms with Gasteiger partial charge in [-0.25, -0.2) is 4.98 Å². The molecular formula is C22H27N5O. The number of hydrogen-bond donors (Lipinski definition) is 1. The van der Waals surface area contributed by atoms with Crippen LogP contribution in [-0.4, -0.2) is 45.3 Å². The first-order chi connectivity index (χ1) is 13.7. The van der Waals surface area contributed by atoms with E-state index in [9.17, 15) is 0 Å². The third-order valence-corrected chi connectivity index (χ3v) is 5.55. The Labute approximate surface area is 166 Å². The number of aromatic nitrogens is 4. The number of aryl methyl sites for hydroxylation is 1. The zero-order valence-electron chi connectivity index (χ0n) is 16.8. The van der Waals surface area contributed by atoms with E-state index < -0.39 is 0 Å². The van der Waals surface area contributed by atoms with Gasteiger partial charge in [-0.05, 0) is 33.2 Å². The zero-order chi connectivity index (χ0) is 19.5. The fraction of sp³-hybridized carbons (Fsp3) is 0.409. The Morgan fingerprint density at radius 3 is 2.82 bits per heavy atom. The Bertz CT molecular complexity index is 937. The molecule has 0 aliphatic carbocycles. The van der Waals surface area contributed by atoms with Gasteiger partial charge in [0.15, 0.2) is 5.82 Å². The molecule has 1 atom stereocenters. The number of ether oxygens (including phenoxy) is 1. The first-order valence-corrected chi connectivity index (χ1v) is 9.85. The van der Waals surface area contributed by atoms with Crippen molar-refractivity contribution in [1.29, 1.82) is 0 Å². The van der Waals surface area contributed by atoms with Crippen LogP contribution in [0.15, 0.2) is 36.5 Å². The third-order valence-electron chi connectivity index (χ3n) is 5.55. The summed E-state index contributed by atoms with van der Waals surface area (Å²) in [6.07, 6.45) is 4.18. The molecule has 1 N–H and O–H groups in total. The van der Waals surface area contributed by atoms with Gasteiger partial charge in [-0.2, -0.15) is 5.10 Å². The predicted octanol–water partition coefficient (Wildman–Crippen LogP) is 3.87. The molecule has 0 saturated carbocycles. The summed E-state index contributed by atoms with van der Waals surface area (Å²) < 4.78 is 5.56. The molecule has 1 aromatic carbocycles. The standard InChI is InChI=1S/C22H27N5O/c1-15-12-23-19(16(2)20(15)28-3)14-27-11-7-10-18(13-27)22-24-21(25-26-22)17-8-5-4-6-9-17/h4-6,8-9,12,18H,7,10-11,13-14H2,1-3H3,(H,24,25,26)/t18-/m0/s1. The first-order valence-electron chi connectivity index (χ1n) is 9.85. The van der Waals surface area contributed by atoms with Crippen LogP contribution >= 0.6 is 0 Å². The van der Waals surface area contributed by atoms with Crippen LogP contribution in [-0.2, 0) is 6.54 Å². The van der Waals surface area contributed by atoms with Crippen LogP contribution in [0.4, 0.5) is 0 Å². The number of nitrogens with one attached hydrogen (secondary N) is 1. The number of aromatic amines is 1. The van der Waals surface area contributed by atoms with Crippen molar-refractivity contribution in [2.45, 2.75) is 39.2 Å². The van der Waals surface area contributed by atoms with Gasteiger partial charge in [0, 0.05) is 41.9 Å². The maximum Gasteiger partial charge on any atom is 0.181 e. The molecule has 1 aliphatic heterocycles. The lowest BCUT2D eigenvalue weighted by atomic mass is 9.97. The molecule has 2 aromatic heterocycles. The molecule has 0 unspecified atom stereocenters. The molecule has 0 radical (unpaired) electrons. The van der Waals surface area contributed by atoms with Crippen molar-refractivity contribution in [3.63, 3.8) is 0 Å². The Hall–Kier alpha value is -2.73. The monoisotopic (exact) mass is 377 g/mol. The van der Waals surface area contributed by atoms with Crippen LogP contribution in [0, 0.1) is 13.8 Å². The number of methoxy groups -OCH3 is 1. The fourth-order valence-corrected chi connectivity index (χ4v) is 4.04. The van der Waals surface area contributed by atoms with Crippen LogP contribution in [0.2, 0.25) is 0 Å². The van der Waals surface area contributed by atoms with Crippen LogP contribution in [0.5, 0.6) is 5.75 Å². The summed E-state index contributed by atoms with van der Waals surface area (Å²) in [5.74, 6) is 3.07. The number of piperidine rings is 1. The Kier molecular flexibility index (Phi) is 5.39. The number of hydrogen-bond acceptors (Lipinski definition) is 5. The Balaban J connectivity index is 1.48. The molecule has 3 aromatic rings. The summed E-state index contributed by atoms with van der Waals surface area (Å²) >= 11 is 0. The van der Waals surface area contributed by atoms with E-state index in [2.05, 4.69) is 27.0 Å². The minimum absolute atomic E-state index is 0.367. The highest BCUT2D eigenvalue weighted by molar-refractivity contribution is 5.53. The summed E-state index contributed by atoms with van der Waals surface area (Å²) in [6.45, 7) is 7.00. The van der Waals surface area contributed by atoms with Crippen LogP contribution < -0.4 is 4.74 Å². The highest BCUT2D eigenvalue weighted by Crippen LogP contribution is 2.29. The minimum atomic E-state index is 0.367. The number of nitrogens with zero attached hydrogens (tertiary/aromatic N) is 4. The van der Waals surface area contributed by atoms with Gasteiger partial charge in [-0.15, -0.1) is 0 Å². The van der Waals surface area contributed by atoms with Crippen molar-refractivity contribution in [3.8, 4) is 17.1 Å². The lowest BCUT2D eigenvalue weighted by Gasteiger charge is -2.31. The molecule has 28 heavy (non-hydrogen) atoms. The van der Waals surface area contributed by atoms with Crippen molar-refractivity contribution in [2.24, 2.45) is 0 Å². The topological polar surface area (TPSA) is 66.9 Å². The normalized spacial score (nSPS) is 17.6. The lowest BCUT2D eigenvalue weighted by molar-refractivity contribution is 0.194. The quantitative estimate of drug-likeness (QED) is 0.731. The van der Waals surface area contributed by atoms with Crippen molar-refractivity contribution in [1.82, 2.24) is 25.1 Å². The number of rotatable bonds is 5. The molecule has 0 amide bonds. The molecule has 6 nitrogen and oxygen atoms in total. The summed E-state index contributed by atoms with van der Waals surface area (Å²) in [6, 6.07) is 10.1. The van der Waals surface area contributed by atoms with Gasteiger partial charge in [0.2, 0.25) is 0 Å². The Morgan fingerprint density at radius 2 is 2.04 bits per heavy atom. The van der Waals surface area contributed by atoms with E-state index in [0.717, 1.165) is 72.3 Å². The van der Waals surface area contributed by atoms with Gasteiger partial charge in [0.25, 0.3) is 0 Å². The fourth-order valence-electron chi connectivity index (χ4n) is 4.04. The summed E-state index contributed by atoms with van der Waals surface area (Å²) in [5, 5.41) is 7.61. The van der Waals surface area contributed by atoms with E-state index in [0.29, 0.717) is 5.92 Å². The van der Waals surface area contributed by atoms with E-state index in [1.165, 1.54) is 0 Å². The second kappa shape index (κ2) is 8.10. The maximum absolute atomic E-state index is 5.56. The van der Waals surface area contributed by atoms with Crippen LogP contribution in [0.25, 0.3) is 11.4 Å². The highest BCUT2D eigenvalue weighted by Gasteiger charge is 2.25. The maximum atomic E-state index is 5.56. The minimum Gasteiger partial charge on any atom is -0.496 e. The first kappa shape index (κ1) is 18.6. The third kappa shape index (κ3) is 3.78. The summed E-state index contributed by atoms with van der Waals surface area (Å²) in [4.78, 5) is 11.9. The molecule has 0 spiro atoms. The van der Waals surface area contributed by atoms with Gasteiger partial charge >= 0.3 is 0 Å². The molecule has 4 rings (SSSR count). The van der Waals surface area contributed by atoms with E-state index in [1.54, 1.807) is 7.11 Å². The van der Waals surface area contributed by atoms with Gasteiger partial charge in [-0.3, -0.25) is 15.0 Å². The molecule has 6 heteroatoms. The summed E-state index contributed by atoms with van der Waals surface area (Å²) in [7, 11) is 1.73.